The predicted molar refractivity (Wildman–Crippen MR) is 96.3 cm³/mol. The highest BCUT2D eigenvalue weighted by Gasteiger charge is 2.07. The number of methoxy groups -OCH3 is 2. The number of carbonyl (C=O) groups excluding carboxylic acids is 2. The van der Waals surface area contributed by atoms with E-state index in [0.717, 1.165) is 11.3 Å². The lowest BCUT2D eigenvalue weighted by molar-refractivity contribution is -0.119. The van der Waals surface area contributed by atoms with Crippen LogP contribution < -0.4 is 20.1 Å². The first-order valence-electron chi connectivity index (χ1n) is 7.86. The van der Waals surface area contributed by atoms with Gasteiger partial charge >= 0.3 is 0 Å². The van der Waals surface area contributed by atoms with Gasteiger partial charge in [0.1, 0.15) is 0 Å². The molecular weight excluding hydrogens is 320 g/mol. The molecule has 25 heavy (non-hydrogen) atoms. The Balaban J connectivity index is 1.87. The van der Waals surface area contributed by atoms with Crippen LogP contribution >= 0.6 is 0 Å². The average molecular weight is 342 g/mol. The monoisotopic (exact) mass is 342 g/mol. The second-order valence-corrected chi connectivity index (χ2v) is 5.46. The minimum atomic E-state index is -0.150. The van der Waals surface area contributed by atoms with Crippen molar-refractivity contribution >= 4 is 17.4 Å². The summed E-state index contributed by atoms with van der Waals surface area (Å²) in [4.78, 5) is 23.4. The first kappa shape index (κ1) is 18.3. The van der Waals surface area contributed by atoms with E-state index in [1.165, 1.54) is 6.92 Å². The number of carbonyl (C=O) groups is 2. The van der Waals surface area contributed by atoms with Crippen molar-refractivity contribution in [2.75, 3.05) is 26.1 Å². The van der Waals surface area contributed by atoms with E-state index in [-0.39, 0.29) is 18.2 Å². The van der Waals surface area contributed by atoms with E-state index >= 15 is 0 Å². The number of anilines is 1. The van der Waals surface area contributed by atoms with Gasteiger partial charge in [-0.05, 0) is 36.8 Å². The molecule has 0 heterocycles. The van der Waals surface area contributed by atoms with E-state index in [2.05, 4.69) is 10.6 Å². The van der Waals surface area contributed by atoms with Crippen LogP contribution in [0.1, 0.15) is 22.8 Å². The van der Waals surface area contributed by atoms with Crippen LogP contribution in [0, 0.1) is 0 Å². The normalized spacial score (nSPS) is 10.0. The Morgan fingerprint density at radius 1 is 1.00 bits per heavy atom. The zero-order chi connectivity index (χ0) is 18.2. The summed E-state index contributed by atoms with van der Waals surface area (Å²) in [6.45, 7) is 2.01. The molecule has 0 spiro atoms. The molecule has 132 valence electrons. The molecule has 0 fully saturated rings. The van der Waals surface area contributed by atoms with E-state index in [9.17, 15) is 9.59 Å². The van der Waals surface area contributed by atoms with Crippen molar-refractivity contribution in [1.82, 2.24) is 5.32 Å². The quantitative estimate of drug-likeness (QED) is 0.721. The van der Waals surface area contributed by atoms with Crippen molar-refractivity contribution in [1.29, 1.82) is 0 Å². The highest BCUT2D eigenvalue weighted by Crippen LogP contribution is 2.27. The lowest BCUT2D eigenvalue weighted by atomic mass is 10.1. The molecule has 0 aliphatic heterocycles. The molecule has 2 N–H and O–H groups in total. The molecule has 2 rings (SSSR count). The lowest BCUT2D eigenvalue weighted by Gasteiger charge is -2.11. The van der Waals surface area contributed by atoms with Crippen molar-refractivity contribution in [3.63, 3.8) is 0 Å². The van der Waals surface area contributed by atoms with Crippen LogP contribution in [0.2, 0.25) is 0 Å². The maximum atomic E-state index is 12.0. The maximum absolute atomic E-state index is 12.0. The van der Waals surface area contributed by atoms with E-state index in [4.69, 9.17) is 9.47 Å². The smallest absolute Gasteiger partial charge is 0.239 e. The Kier molecular flexibility index (Phi) is 6.39. The summed E-state index contributed by atoms with van der Waals surface area (Å²) in [5, 5.41) is 5.84. The first-order chi connectivity index (χ1) is 12.0. The van der Waals surface area contributed by atoms with Gasteiger partial charge in [0.05, 0.1) is 20.8 Å². The number of hydrogen-bond acceptors (Lipinski definition) is 5. The van der Waals surface area contributed by atoms with Crippen molar-refractivity contribution in [2.45, 2.75) is 13.5 Å². The van der Waals surface area contributed by atoms with Gasteiger partial charge in [-0.15, -0.1) is 0 Å². The molecule has 6 heteroatoms. The minimum absolute atomic E-state index is 0.0124. The average Bonchev–Trinajstić information content (AvgIpc) is 2.64. The molecule has 0 saturated carbocycles. The van der Waals surface area contributed by atoms with E-state index < -0.39 is 0 Å². The molecule has 2 aromatic rings. The van der Waals surface area contributed by atoms with Crippen molar-refractivity contribution in [2.24, 2.45) is 0 Å². The summed E-state index contributed by atoms with van der Waals surface area (Å²) in [6.07, 6.45) is 0. The third-order valence-corrected chi connectivity index (χ3v) is 3.66. The number of Topliss-reactive ketones (excluding diaryl/α,β-unsaturated/α-hetero) is 1. The number of amides is 1. The molecule has 0 radical (unpaired) electrons. The van der Waals surface area contributed by atoms with Crippen LogP contribution in [0.15, 0.2) is 42.5 Å². The zero-order valence-corrected chi connectivity index (χ0v) is 14.6. The summed E-state index contributed by atoms with van der Waals surface area (Å²) >= 11 is 0. The van der Waals surface area contributed by atoms with Crippen LogP contribution in [0.3, 0.4) is 0 Å². The molecule has 0 unspecified atom stereocenters. The zero-order valence-electron chi connectivity index (χ0n) is 14.6. The number of hydrogen-bond donors (Lipinski definition) is 2. The van der Waals surface area contributed by atoms with Gasteiger partial charge in [0, 0.05) is 17.8 Å². The van der Waals surface area contributed by atoms with Gasteiger partial charge < -0.3 is 20.1 Å². The Morgan fingerprint density at radius 3 is 2.44 bits per heavy atom. The van der Waals surface area contributed by atoms with Crippen LogP contribution in [0.4, 0.5) is 5.69 Å². The van der Waals surface area contributed by atoms with E-state index in [0.29, 0.717) is 23.6 Å². The summed E-state index contributed by atoms with van der Waals surface area (Å²) in [7, 11) is 3.14. The van der Waals surface area contributed by atoms with Crippen LogP contribution in [0.25, 0.3) is 0 Å². The molecule has 2 aromatic carbocycles. The second-order valence-electron chi connectivity index (χ2n) is 5.46. The van der Waals surface area contributed by atoms with Crippen molar-refractivity contribution < 1.29 is 19.1 Å². The van der Waals surface area contributed by atoms with Crippen LogP contribution in [-0.4, -0.2) is 32.5 Å². The fourth-order valence-corrected chi connectivity index (χ4v) is 2.28. The van der Waals surface area contributed by atoms with Gasteiger partial charge in [0.2, 0.25) is 5.91 Å². The van der Waals surface area contributed by atoms with Gasteiger partial charge in [-0.25, -0.2) is 0 Å². The molecular formula is C19H22N2O4. The number of rotatable bonds is 8. The summed E-state index contributed by atoms with van der Waals surface area (Å²) in [5.74, 6) is 1.10. The summed E-state index contributed by atoms with van der Waals surface area (Å²) in [6, 6.07) is 12.5. The topological polar surface area (TPSA) is 76.7 Å². The molecule has 0 aliphatic rings. The molecule has 0 atom stereocenters. The van der Waals surface area contributed by atoms with E-state index in [1.807, 2.05) is 18.2 Å². The first-order valence-corrected chi connectivity index (χ1v) is 7.86. The fourth-order valence-electron chi connectivity index (χ4n) is 2.28. The van der Waals surface area contributed by atoms with Gasteiger partial charge in [-0.1, -0.05) is 18.2 Å². The van der Waals surface area contributed by atoms with E-state index in [1.54, 1.807) is 38.5 Å². The molecule has 0 aliphatic carbocycles. The molecule has 6 nitrogen and oxygen atoms in total. The Bertz CT molecular complexity index is 759. The van der Waals surface area contributed by atoms with Crippen LogP contribution in [-0.2, 0) is 11.3 Å². The largest absolute Gasteiger partial charge is 0.493 e. The number of ketones is 1. The predicted octanol–water partition coefficient (Wildman–Crippen LogP) is 2.63. The second kappa shape index (κ2) is 8.73. The minimum Gasteiger partial charge on any atom is -0.493 e. The molecule has 1 amide bonds. The number of ether oxygens (including phenoxy) is 2. The third kappa shape index (κ3) is 5.24. The SMILES string of the molecule is COc1ccc(CNC(=O)CNc2cccc(C(C)=O)c2)cc1OC. The number of benzene rings is 2. The van der Waals surface area contributed by atoms with Gasteiger partial charge in [0.15, 0.2) is 17.3 Å². The standard InChI is InChI=1S/C19H22N2O4/c1-13(22)15-5-4-6-16(10-15)20-12-19(23)21-11-14-7-8-17(24-2)18(9-14)25-3/h4-10,20H,11-12H2,1-3H3,(H,21,23). The molecule has 0 aromatic heterocycles. The molecule has 0 bridgehead atoms. The lowest BCUT2D eigenvalue weighted by Crippen LogP contribution is -2.29. The van der Waals surface area contributed by atoms with Gasteiger partial charge in [0.25, 0.3) is 0 Å². The van der Waals surface area contributed by atoms with Crippen LogP contribution in [0.5, 0.6) is 11.5 Å². The summed E-state index contributed by atoms with van der Waals surface area (Å²) < 4.78 is 10.4. The molecule has 0 saturated heterocycles. The van der Waals surface area contributed by atoms with Gasteiger partial charge in [-0.2, -0.15) is 0 Å². The van der Waals surface area contributed by atoms with Gasteiger partial charge in [-0.3, -0.25) is 9.59 Å². The number of nitrogens with one attached hydrogen (secondary N) is 2. The Labute approximate surface area is 147 Å². The van der Waals surface area contributed by atoms with Crippen molar-refractivity contribution in [3.8, 4) is 11.5 Å². The van der Waals surface area contributed by atoms with Crippen molar-refractivity contribution in [3.05, 3.63) is 53.6 Å². The Hall–Kier alpha value is -3.02. The fraction of sp³-hybridized carbons (Fsp3) is 0.263. The maximum Gasteiger partial charge on any atom is 0.239 e. The highest BCUT2D eigenvalue weighted by molar-refractivity contribution is 5.95. The summed E-state index contributed by atoms with van der Waals surface area (Å²) in [5.41, 5.74) is 2.24. The Morgan fingerprint density at radius 2 is 1.76 bits per heavy atom. The highest BCUT2D eigenvalue weighted by atomic mass is 16.5. The third-order valence-electron chi connectivity index (χ3n) is 3.66.